The number of nitrogens with zero attached hydrogens (tertiary/aromatic N) is 4. The highest BCUT2D eigenvalue weighted by molar-refractivity contribution is 6.01. The molecule has 2 aromatic carbocycles. The van der Waals surface area contributed by atoms with Gasteiger partial charge in [-0.25, -0.2) is 0 Å². The number of amides is 1. The third-order valence-corrected chi connectivity index (χ3v) is 2.64. The molecule has 98 valence electrons. The van der Waals surface area contributed by atoms with Crippen LogP contribution in [0.2, 0.25) is 0 Å². The lowest BCUT2D eigenvalue weighted by Gasteiger charge is -2.00. The quantitative estimate of drug-likeness (QED) is 0.785. The van der Waals surface area contributed by atoms with E-state index in [1.54, 1.807) is 12.1 Å². The summed E-state index contributed by atoms with van der Waals surface area (Å²) in [4.78, 5) is 13.3. The first-order chi connectivity index (χ1) is 9.83. The maximum Gasteiger partial charge on any atom is 0.297 e. The molecule has 1 aromatic heterocycles. The van der Waals surface area contributed by atoms with Gasteiger partial charge in [-0.1, -0.05) is 36.4 Å². The molecule has 6 heteroatoms. The Morgan fingerprint density at radius 3 is 2.30 bits per heavy atom. The minimum absolute atomic E-state index is 0.0257. The lowest BCUT2D eigenvalue weighted by molar-refractivity contribution is 0.101. The van der Waals surface area contributed by atoms with Crippen LogP contribution < -0.4 is 5.32 Å². The van der Waals surface area contributed by atoms with Crippen molar-refractivity contribution in [1.29, 1.82) is 0 Å². The number of rotatable bonds is 3. The van der Waals surface area contributed by atoms with E-state index in [-0.39, 0.29) is 5.82 Å². The molecule has 0 saturated carbocycles. The second-order valence-corrected chi connectivity index (χ2v) is 4.06. The summed E-state index contributed by atoms with van der Waals surface area (Å²) in [6.45, 7) is 0. The molecule has 0 aliphatic heterocycles. The molecule has 0 spiro atoms. The summed E-state index contributed by atoms with van der Waals surface area (Å²) in [6, 6.07) is 18.4. The molecule has 0 fully saturated rings. The molecule has 0 atom stereocenters. The van der Waals surface area contributed by atoms with Gasteiger partial charge in [0, 0.05) is 5.69 Å². The zero-order valence-corrected chi connectivity index (χ0v) is 10.5. The molecule has 1 heterocycles. The summed E-state index contributed by atoms with van der Waals surface area (Å²) in [5, 5.41) is 14.4. The molecule has 0 bridgehead atoms. The van der Waals surface area contributed by atoms with Crippen molar-refractivity contribution in [1.82, 2.24) is 20.2 Å². The molecule has 20 heavy (non-hydrogen) atoms. The minimum Gasteiger partial charge on any atom is -0.319 e. The molecular formula is C14H11N5O. The molecule has 0 unspecified atom stereocenters. The molecule has 6 nitrogen and oxygen atoms in total. The Labute approximate surface area is 115 Å². The first kappa shape index (κ1) is 12.0. The SMILES string of the molecule is O=C(Nc1ccccc1)c1nnn(-c2ccccc2)n1. The first-order valence-electron chi connectivity index (χ1n) is 6.05. The number of carbonyl (C=O) groups is 1. The average molecular weight is 265 g/mol. The monoisotopic (exact) mass is 265 g/mol. The summed E-state index contributed by atoms with van der Waals surface area (Å²) < 4.78 is 0. The summed E-state index contributed by atoms with van der Waals surface area (Å²) >= 11 is 0. The van der Waals surface area contributed by atoms with E-state index in [1.165, 1.54) is 4.80 Å². The van der Waals surface area contributed by atoms with Crippen LogP contribution in [0, 0.1) is 0 Å². The number of hydrogen-bond donors (Lipinski definition) is 1. The first-order valence-corrected chi connectivity index (χ1v) is 6.05. The number of tetrazole rings is 1. The topological polar surface area (TPSA) is 72.7 Å². The molecule has 3 aromatic rings. The van der Waals surface area contributed by atoms with Crippen molar-refractivity contribution in [2.45, 2.75) is 0 Å². The largest absolute Gasteiger partial charge is 0.319 e. The van der Waals surface area contributed by atoms with Crippen LogP contribution in [0.4, 0.5) is 5.69 Å². The van der Waals surface area contributed by atoms with Gasteiger partial charge in [-0.3, -0.25) is 4.79 Å². The van der Waals surface area contributed by atoms with Gasteiger partial charge in [-0.15, -0.1) is 15.0 Å². The highest BCUT2D eigenvalue weighted by atomic mass is 16.2. The molecule has 3 rings (SSSR count). The molecule has 0 saturated heterocycles. The molecule has 1 amide bonds. The standard InChI is InChI=1S/C14H11N5O/c20-14(15-11-7-3-1-4-8-11)13-16-18-19(17-13)12-9-5-2-6-10-12/h1-10H,(H,15,20). The van der Waals surface area contributed by atoms with E-state index in [0.717, 1.165) is 5.69 Å². The van der Waals surface area contributed by atoms with E-state index in [2.05, 4.69) is 20.7 Å². The Bertz CT molecular complexity index is 709. The van der Waals surface area contributed by atoms with Crippen LogP contribution >= 0.6 is 0 Å². The summed E-state index contributed by atoms with van der Waals surface area (Å²) in [5.41, 5.74) is 1.44. The fraction of sp³-hybridized carbons (Fsp3) is 0. The van der Waals surface area contributed by atoms with Crippen molar-refractivity contribution in [2.75, 3.05) is 5.32 Å². The van der Waals surface area contributed by atoms with Gasteiger partial charge in [0.1, 0.15) is 0 Å². The van der Waals surface area contributed by atoms with E-state index in [4.69, 9.17) is 0 Å². The summed E-state index contributed by atoms with van der Waals surface area (Å²) in [5.74, 6) is -0.365. The predicted octanol–water partition coefficient (Wildman–Crippen LogP) is 1.91. The second-order valence-electron chi connectivity index (χ2n) is 4.06. The number of benzene rings is 2. The molecule has 0 aliphatic carbocycles. The van der Waals surface area contributed by atoms with Gasteiger partial charge in [0.2, 0.25) is 0 Å². The van der Waals surface area contributed by atoms with Gasteiger partial charge >= 0.3 is 0 Å². The second kappa shape index (κ2) is 5.31. The van der Waals surface area contributed by atoms with Crippen LogP contribution in [-0.4, -0.2) is 26.1 Å². The Morgan fingerprint density at radius 1 is 0.950 bits per heavy atom. The fourth-order valence-corrected chi connectivity index (χ4v) is 1.68. The van der Waals surface area contributed by atoms with E-state index < -0.39 is 5.91 Å². The number of para-hydroxylation sites is 2. The van der Waals surface area contributed by atoms with Crippen LogP contribution in [0.25, 0.3) is 5.69 Å². The number of nitrogens with one attached hydrogen (secondary N) is 1. The predicted molar refractivity (Wildman–Crippen MR) is 73.5 cm³/mol. The number of aromatic nitrogens is 4. The fourth-order valence-electron chi connectivity index (χ4n) is 1.68. The maximum absolute atomic E-state index is 12.0. The van der Waals surface area contributed by atoms with Gasteiger partial charge in [0.05, 0.1) is 5.69 Å². The Hall–Kier alpha value is -3.02. The van der Waals surface area contributed by atoms with Crippen LogP contribution in [0.15, 0.2) is 60.7 Å². The van der Waals surface area contributed by atoms with Gasteiger partial charge < -0.3 is 5.32 Å². The normalized spacial score (nSPS) is 10.2. The molecule has 0 radical (unpaired) electrons. The van der Waals surface area contributed by atoms with Crippen molar-refractivity contribution >= 4 is 11.6 Å². The van der Waals surface area contributed by atoms with Gasteiger partial charge in [-0.05, 0) is 29.5 Å². The highest BCUT2D eigenvalue weighted by Gasteiger charge is 2.13. The third kappa shape index (κ3) is 2.54. The molecule has 0 aliphatic rings. The van der Waals surface area contributed by atoms with Crippen molar-refractivity contribution in [2.24, 2.45) is 0 Å². The third-order valence-electron chi connectivity index (χ3n) is 2.64. The van der Waals surface area contributed by atoms with E-state index in [0.29, 0.717) is 5.69 Å². The maximum atomic E-state index is 12.0. The van der Waals surface area contributed by atoms with Crippen LogP contribution in [0.3, 0.4) is 0 Å². The zero-order chi connectivity index (χ0) is 13.8. The van der Waals surface area contributed by atoms with Crippen molar-refractivity contribution in [3.05, 3.63) is 66.5 Å². The summed E-state index contributed by atoms with van der Waals surface area (Å²) in [6.07, 6.45) is 0. The van der Waals surface area contributed by atoms with E-state index in [1.807, 2.05) is 48.5 Å². The molecular weight excluding hydrogens is 254 g/mol. The smallest absolute Gasteiger partial charge is 0.297 e. The van der Waals surface area contributed by atoms with Crippen LogP contribution in [0.1, 0.15) is 10.6 Å². The van der Waals surface area contributed by atoms with Gasteiger partial charge in [-0.2, -0.15) is 0 Å². The van der Waals surface area contributed by atoms with Crippen LogP contribution in [-0.2, 0) is 0 Å². The Morgan fingerprint density at radius 2 is 1.60 bits per heavy atom. The summed E-state index contributed by atoms with van der Waals surface area (Å²) in [7, 11) is 0. The van der Waals surface area contributed by atoms with E-state index >= 15 is 0 Å². The lowest BCUT2D eigenvalue weighted by atomic mass is 10.3. The zero-order valence-electron chi connectivity index (χ0n) is 10.5. The van der Waals surface area contributed by atoms with Crippen molar-refractivity contribution in [3.63, 3.8) is 0 Å². The number of hydrogen-bond acceptors (Lipinski definition) is 4. The number of anilines is 1. The van der Waals surface area contributed by atoms with Gasteiger partial charge in [0.15, 0.2) is 0 Å². The van der Waals surface area contributed by atoms with Crippen molar-refractivity contribution in [3.8, 4) is 5.69 Å². The minimum atomic E-state index is -0.390. The highest BCUT2D eigenvalue weighted by Crippen LogP contribution is 2.07. The van der Waals surface area contributed by atoms with Crippen LogP contribution in [0.5, 0.6) is 0 Å². The molecule has 1 N–H and O–H groups in total. The Balaban J connectivity index is 1.79. The Kier molecular flexibility index (Phi) is 3.20. The van der Waals surface area contributed by atoms with Gasteiger partial charge in [0.25, 0.3) is 11.7 Å². The number of carbonyl (C=O) groups excluding carboxylic acids is 1. The lowest BCUT2D eigenvalue weighted by Crippen LogP contribution is -2.14. The van der Waals surface area contributed by atoms with E-state index in [9.17, 15) is 4.79 Å². The average Bonchev–Trinajstić information content (AvgIpc) is 2.99. The van der Waals surface area contributed by atoms with Crippen molar-refractivity contribution < 1.29 is 4.79 Å².